The molecule has 8 nitrogen and oxygen atoms in total. The summed E-state index contributed by atoms with van der Waals surface area (Å²) >= 11 is 6.29. The van der Waals surface area contributed by atoms with E-state index >= 15 is 0 Å². The number of allylic oxidation sites excluding steroid dienone is 1. The molecular weight excluding hydrogens is 373 g/mol. The number of rotatable bonds is 6. The van der Waals surface area contributed by atoms with Crippen LogP contribution in [0, 0.1) is 10.1 Å². The maximum Gasteiger partial charge on any atom is 0.352 e. The quantitative estimate of drug-likeness (QED) is 0.250. The molecule has 1 fully saturated rings. The van der Waals surface area contributed by atoms with E-state index in [-0.39, 0.29) is 36.8 Å². The molecule has 0 radical (unpaired) electrons. The molecule has 1 saturated heterocycles. The zero-order valence-corrected chi connectivity index (χ0v) is 14.8. The fourth-order valence-corrected chi connectivity index (χ4v) is 2.69. The van der Waals surface area contributed by atoms with E-state index < -0.39 is 28.2 Å². The van der Waals surface area contributed by atoms with Crippen molar-refractivity contribution in [2.45, 2.75) is 24.8 Å². The highest BCUT2D eigenvalue weighted by molar-refractivity contribution is 6.23. The molecule has 0 bridgehead atoms. The predicted molar refractivity (Wildman–Crippen MR) is 93.7 cm³/mol. The lowest BCUT2D eigenvalue weighted by Gasteiger charge is -2.37. The highest BCUT2D eigenvalue weighted by Crippen LogP contribution is 2.25. The van der Waals surface area contributed by atoms with Crippen molar-refractivity contribution in [3.8, 4) is 0 Å². The van der Waals surface area contributed by atoms with Crippen LogP contribution in [-0.2, 0) is 16.0 Å². The number of carbonyl (C=O) groups is 2. The second-order valence-corrected chi connectivity index (χ2v) is 6.01. The number of amides is 1. The number of halogens is 2. The molecule has 1 amide bonds. The van der Waals surface area contributed by atoms with Crippen LogP contribution in [0.2, 0.25) is 0 Å². The number of nitrogens with two attached hydrogens (primary N) is 1. The number of nitro benzene ring substituents is 1. The third-order valence-corrected chi connectivity index (χ3v) is 4.32. The zero-order valence-electron chi connectivity index (χ0n) is 13.2. The van der Waals surface area contributed by atoms with Crippen LogP contribution < -0.4 is 5.73 Å². The average Bonchev–Trinajstić information content (AvgIpc) is 2.54. The Morgan fingerprint density at radius 2 is 2.04 bits per heavy atom. The maximum atomic E-state index is 11.7. The number of alkyl halides is 1. The Hall–Kier alpha value is -2.16. The number of carbonyl (C=O) groups excluding carboxylic acids is 1. The number of likely N-dealkylation sites (tertiary alicyclic amines) is 1. The molecule has 1 aliphatic heterocycles. The number of nitro groups is 1. The minimum atomic E-state index is -1.25. The first-order valence-electron chi connectivity index (χ1n) is 7.10. The minimum Gasteiger partial charge on any atom is -0.477 e. The molecule has 2 rings (SSSR count). The van der Waals surface area contributed by atoms with Crippen molar-refractivity contribution < 1.29 is 19.6 Å². The number of non-ortho nitro benzene ring substituents is 1. The van der Waals surface area contributed by atoms with Gasteiger partial charge in [0.15, 0.2) is 0 Å². The van der Waals surface area contributed by atoms with Crippen LogP contribution in [0.3, 0.4) is 0 Å². The molecule has 3 N–H and O–H groups in total. The second-order valence-electron chi connectivity index (χ2n) is 5.49. The van der Waals surface area contributed by atoms with E-state index in [0.29, 0.717) is 5.57 Å². The van der Waals surface area contributed by atoms with E-state index in [9.17, 15) is 24.8 Å². The first-order valence-corrected chi connectivity index (χ1v) is 7.54. The van der Waals surface area contributed by atoms with E-state index in [1.165, 1.54) is 12.1 Å². The largest absolute Gasteiger partial charge is 0.477 e. The van der Waals surface area contributed by atoms with Crippen molar-refractivity contribution in [2.75, 3.05) is 6.54 Å². The van der Waals surface area contributed by atoms with Gasteiger partial charge in [0.05, 0.1) is 16.8 Å². The molecule has 1 aliphatic rings. The highest BCUT2D eigenvalue weighted by Gasteiger charge is 2.39. The summed E-state index contributed by atoms with van der Waals surface area (Å²) in [6.45, 7) is 1.68. The van der Waals surface area contributed by atoms with Gasteiger partial charge in [0.1, 0.15) is 11.7 Å². The van der Waals surface area contributed by atoms with Gasteiger partial charge in [0.2, 0.25) is 5.91 Å². The lowest BCUT2D eigenvalue weighted by molar-refractivity contribution is -0.384. The first kappa shape index (κ1) is 20.9. The monoisotopic (exact) mass is 389 g/mol. The van der Waals surface area contributed by atoms with Crippen molar-refractivity contribution in [1.82, 2.24) is 4.90 Å². The summed E-state index contributed by atoms with van der Waals surface area (Å²) in [6, 6.07) is 5.15. The number of carboxylic acid groups (broad SMARTS) is 1. The van der Waals surface area contributed by atoms with Crippen LogP contribution >= 0.6 is 24.0 Å². The Morgan fingerprint density at radius 1 is 1.48 bits per heavy atom. The molecule has 10 heteroatoms. The molecule has 1 aromatic rings. The highest BCUT2D eigenvalue weighted by atomic mass is 35.5. The topological polar surface area (TPSA) is 127 Å². The number of carboxylic acids is 1. The van der Waals surface area contributed by atoms with Gasteiger partial charge in [-0.1, -0.05) is 12.1 Å². The van der Waals surface area contributed by atoms with Crippen molar-refractivity contribution in [2.24, 2.45) is 5.73 Å². The number of benzene rings is 1. The second kappa shape index (κ2) is 8.28. The van der Waals surface area contributed by atoms with Gasteiger partial charge < -0.3 is 15.7 Å². The van der Waals surface area contributed by atoms with Crippen LogP contribution in [0.4, 0.5) is 5.69 Å². The van der Waals surface area contributed by atoms with Crippen molar-refractivity contribution in [1.29, 1.82) is 0 Å². The SMILES string of the molecule is CC(=C(C(=O)O)N1CC(N)C1=O)C(Cl)Cc1ccc([N+](=O)[O-])cc1.Cl. The van der Waals surface area contributed by atoms with E-state index in [1.807, 2.05) is 0 Å². The summed E-state index contributed by atoms with van der Waals surface area (Å²) in [4.78, 5) is 34.4. The van der Waals surface area contributed by atoms with Gasteiger partial charge in [-0.2, -0.15) is 0 Å². The van der Waals surface area contributed by atoms with Gasteiger partial charge in [-0.05, 0) is 24.5 Å². The Bertz CT molecular complexity index is 720. The van der Waals surface area contributed by atoms with Crippen molar-refractivity contribution in [3.05, 3.63) is 51.2 Å². The van der Waals surface area contributed by atoms with Crippen molar-refractivity contribution in [3.63, 3.8) is 0 Å². The van der Waals surface area contributed by atoms with E-state index in [4.69, 9.17) is 17.3 Å². The molecule has 1 heterocycles. The van der Waals surface area contributed by atoms with Crippen molar-refractivity contribution >= 4 is 41.6 Å². The van der Waals surface area contributed by atoms with Gasteiger partial charge in [-0.3, -0.25) is 14.9 Å². The molecule has 1 aromatic carbocycles. The molecule has 25 heavy (non-hydrogen) atoms. The van der Waals surface area contributed by atoms with Crippen LogP contribution in [-0.4, -0.2) is 44.8 Å². The zero-order chi connectivity index (χ0) is 18.0. The number of hydrogen-bond acceptors (Lipinski definition) is 5. The van der Waals surface area contributed by atoms with E-state index in [1.54, 1.807) is 19.1 Å². The summed E-state index contributed by atoms with van der Waals surface area (Å²) in [6.07, 6.45) is 0.274. The predicted octanol–water partition coefficient (Wildman–Crippen LogP) is 1.69. The summed E-state index contributed by atoms with van der Waals surface area (Å²) in [5.41, 5.74) is 6.35. The fraction of sp³-hybridized carbons (Fsp3) is 0.333. The molecule has 2 unspecified atom stereocenters. The molecule has 0 spiro atoms. The van der Waals surface area contributed by atoms with E-state index in [0.717, 1.165) is 10.5 Å². The number of β-lactam (4-membered cyclic amide) rings is 1. The molecule has 2 atom stereocenters. The summed E-state index contributed by atoms with van der Waals surface area (Å²) < 4.78 is 0. The first-order chi connectivity index (χ1) is 11.2. The van der Waals surface area contributed by atoms with Crippen LogP contribution in [0.15, 0.2) is 35.5 Å². The Balaban J connectivity index is 0.00000312. The Labute approximate surface area is 154 Å². The van der Waals surface area contributed by atoms with Crippen LogP contribution in [0.1, 0.15) is 12.5 Å². The standard InChI is InChI=1S/C15H16ClN3O5.ClH/c1-8(13(15(21)22)18-7-12(17)14(18)20)11(16)6-9-2-4-10(5-3-9)19(23)24;/h2-5,11-12H,6-7,17H2,1H3,(H,21,22);1H. The maximum absolute atomic E-state index is 11.7. The smallest absolute Gasteiger partial charge is 0.352 e. The third-order valence-electron chi connectivity index (χ3n) is 3.84. The summed E-state index contributed by atoms with van der Waals surface area (Å²) in [7, 11) is 0. The van der Waals surface area contributed by atoms with Gasteiger partial charge in [0.25, 0.3) is 5.69 Å². The lowest BCUT2D eigenvalue weighted by Crippen LogP contribution is -2.61. The molecule has 0 aromatic heterocycles. The Morgan fingerprint density at radius 3 is 2.44 bits per heavy atom. The molecule has 0 saturated carbocycles. The fourth-order valence-electron chi connectivity index (χ4n) is 2.41. The molecular formula is C15H17Cl2N3O5. The van der Waals surface area contributed by atoms with Gasteiger partial charge in [-0.25, -0.2) is 4.79 Å². The molecule has 0 aliphatic carbocycles. The van der Waals surface area contributed by atoms with Crippen LogP contribution in [0.5, 0.6) is 0 Å². The molecule has 136 valence electrons. The third kappa shape index (κ3) is 4.47. The summed E-state index contributed by atoms with van der Waals surface area (Å²) in [5, 5.41) is 19.3. The summed E-state index contributed by atoms with van der Waals surface area (Å²) in [5.74, 6) is -1.70. The number of hydrogen-bond donors (Lipinski definition) is 2. The van der Waals surface area contributed by atoms with Gasteiger partial charge in [0, 0.05) is 12.1 Å². The Kier molecular flexibility index (Phi) is 6.92. The van der Waals surface area contributed by atoms with Crippen LogP contribution in [0.25, 0.3) is 0 Å². The lowest BCUT2D eigenvalue weighted by atomic mass is 10.00. The normalized spacial score (nSPS) is 18.6. The number of nitrogens with zero attached hydrogens (tertiary/aromatic N) is 2. The average molecular weight is 390 g/mol. The van der Waals surface area contributed by atoms with Gasteiger partial charge >= 0.3 is 5.97 Å². The number of aliphatic carboxylic acids is 1. The minimum absolute atomic E-state index is 0. The van der Waals surface area contributed by atoms with E-state index in [2.05, 4.69) is 0 Å². The van der Waals surface area contributed by atoms with Gasteiger partial charge in [-0.15, -0.1) is 24.0 Å².